The first-order valence-electron chi connectivity index (χ1n) is 5.26. The number of aromatic nitrogens is 3. The molecule has 6 heteroatoms. The van der Waals surface area contributed by atoms with E-state index in [0.717, 1.165) is 14.5 Å². The van der Waals surface area contributed by atoms with Crippen molar-refractivity contribution in [3.8, 4) is 10.7 Å². The first-order chi connectivity index (χ1) is 8.65. The van der Waals surface area contributed by atoms with E-state index in [9.17, 15) is 4.79 Å². The molecule has 0 unspecified atom stereocenters. The number of carbonyl (C=O) groups is 1. The quantitative estimate of drug-likeness (QED) is 0.733. The lowest BCUT2D eigenvalue weighted by molar-refractivity contribution is 0.101. The smallest absolute Gasteiger partial charge is 0.178 e. The van der Waals surface area contributed by atoms with Crippen molar-refractivity contribution >= 4 is 44.2 Å². The Hall–Kier alpha value is -1.53. The highest BCUT2D eigenvalue weighted by atomic mass is 79.9. The second kappa shape index (κ2) is 4.29. The lowest BCUT2D eigenvalue weighted by atomic mass is 10.2. The van der Waals surface area contributed by atoms with Gasteiger partial charge in [-0.2, -0.15) is 0 Å². The van der Waals surface area contributed by atoms with Crippen molar-refractivity contribution in [3.63, 3.8) is 0 Å². The van der Waals surface area contributed by atoms with Gasteiger partial charge in [0.05, 0.1) is 14.2 Å². The fourth-order valence-corrected chi connectivity index (χ4v) is 3.09. The number of rotatable bonds is 2. The summed E-state index contributed by atoms with van der Waals surface area (Å²) in [6.45, 7) is 1.54. The van der Waals surface area contributed by atoms with Crippen molar-refractivity contribution in [2.24, 2.45) is 0 Å². The van der Waals surface area contributed by atoms with Gasteiger partial charge in [0.2, 0.25) is 0 Å². The van der Waals surface area contributed by atoms with E-state index in [1.165, 1.54) is 6.92 Å². The summed E-state index contributed by atoms with van der Waals surface area (Å²) in [5, 5.41) is 0. The molecule has 3 aromatic rings. The van der Waals surface area contributed by atoms with Crippen molar-refractivity contribution in [2.75, 3.05) is 0 Å². The third-order valence-electron chi connectivity index (χ3n) is 2.58. The number of hydrogen-bond acceptors (Lipinski definition) is 4. The van der Waals surface area contributed by atoms with Crippen LogP contribution in [-0.4, -0.2) is 20.7 Å². The van der Waals surface area contributed by atoms with Crippen LogP contribution in [0.3, 0.4) is 0 Å². The van der Waals surface area contributed by atoms with Crippen LogP contribution in [0.4, 0.5) is 0 Å². The highest BCUT2D eigenvalue weighted by Gasteiger charge is 2.13. The lowest BCUT2D eigenvalue weighted by Crippen LogP contribution is -1.94. The van der Waals surface area contributed by atoms with Gasteiger partial charge >= 0.3 is 0 Å². The number of pyridine rings is 1. The highest BCUT2D eigenvalue weighted by molar-refractivity contribution is 9.11. The van der Waals surface area contributed by atoms with E-state index in [0.29, 0.717) is 16.7 Å². The Morgan fingerprint density at radius 1 is 1.39 bits per heavy atom. The van der Waals surface area contributed by atoms with E-state index in [4.69, 9.17) is 0 Å². The predicted octanol–water partition coefficient (Wildman–Crippen LogP) is 3.65. The number of H-pyrrole nitrogens is 1. The van der Waals surface area contributed by atoms with Crippen molar-refractivity contribution in [3.05, 3.63) is 33.7 Å². The Balaban J connectivity index is 2.22. The molecule has 0 aromatic carbocycles. The zero-order valence-electron chi connectivity index (χ0n) is 9.40. The molecule has 1 N–H and O–H groups in total. The SMILES string of the molecule is CC(=O)c1ccnc2nc(-c3ccc(Br)s3)[nH]c12. The summed E-state index contributed by atoms with van der Waals surface area (Å²) in [6.07, 6.45) is 1.61. The number of carbonyl (C=O) groups excluding carboxylic acids is 1. The molecule has 0 saturated heterocycles. The van der Waals surface area contributed by atoms with Gasteiger partial charge in [-0.3, -0.25) is 4.79 Å². The van der Waals surface area contributed by atoms with E-state index >= 15 is 0 Å². The molecule has 4 nitrogen and oxygen atoms in total. The molecule has 3 rings (SSSR count). The van der Waals surface area contributed by atoms with Gasteiger partial charge in [0.25, 0.3) is 0 Å². The Bertz CT molecular complexity index is 747. The molecule has 3 heterocycles. The molecular formula is C12H8BrN3OS. The number of nitrogens with zero attached hydrogens (tertiary/aromatic N) is 2. The maximum Gasteiger partial charge on any atom is 0.178 e. The molecule has 0 amide bonds. The summed E-state index contributed by atoms with van der Waals surface area (Å²) in [6, 6.07) is 5.64. The predicted molar refractivity (Wildman–Crippen MR) is 74.9 cm³/mol. The number of nitrogens with one attached hydrogen (secondary N) is 1. The normalized spacial score (nSPS) is 11.0. The van der Waals surface area contributed by atoms with Crippen LogP contribution < -0.4 is 0 Å². The molecule has 0 radical (unpaired) electrons. The zero-order valence-corrected chi connectivity index (χ0v) is 11.8. The Morgan fingerprint density at radius 2 is 2.22 bits per heavy atom. The van der Waals surface area contributed by atoms with Gasteiger partial charge in [-0.25, -0.2) is 9.97 Å². The van der Waals surface area contributed by atoms with Crippen molar-refractivity contribution in [1.29, 1.82) is 0 Å². The molecule has 0 saturated carbocycles. The molecule has 0 aliphatic carbocycles. The molecule has 0 spiro atoms. The maximum absolute atomic E-state index is 11.5. The first kappa shape index (κ1) is 11.6. The number of imidazole rings is 1. The van der Waals surface area contributed by atoms with Gasteiger partial charge in [-0.1, -0.05) is 0 Å². The van der Waals surface area contributed by atoms with E-state index in [2.05, 4.69) is 30.9 Å². The van der Waals surface area contributed by atoms with E-state index < -0.39 is 0 Å². The van der Waals surface area contributed by atoms with Crippen LogP contribution in [-0.2, 0) is 0 Å². The molecule has 90 valence electrons. The second-order valence-corrected chi connectivity index (χ2v) is 6.27. The largest absolute Gasteiger partial charge is 0.335 e. The molecule has 0 aliphatic rings. The third kappa shape index (κ3) is 1.87. The number of halogens is 1. The highest BCUT2D eigenvalue weighted by Crippen LogP contribution is 2.30. The van der Waals surface area contributed by atoms with Gasteiger partial charge in [0, 0.05) is 11.8 Å². The van der Waals surface area contributed by atoms with Crippen LogP contribution in [0.1, 0.15) is 17.3 Å². The average Bonchev–Trinajstić information content (AvgIpc) is 2.93. The monoisotopic (exact) mass is 321 g/mol. The van der Waals surface area contributed by atoms with Crippen LogP contribution in [0.2, 0.25) is 0 Å². The van der Waals surface area contributed by atoms with Crippen LogP contribution in [0.5, 0.6) is 0 Å². The van der Waals surface area contributed by atoms with Crippen LogP contribution in [0, 0.1) is 0 Å². The minimum atomic E-state index is 0.00459. The second-order valence-electron chi connectivity index (χ2n) is 3.80. The van der Waals surface area contributed by atoms with Gasteiger partial charge in [0.1, 0.15) is 0 Å². The molecule has 3 aromatic heterocycles. The van der Waals surface area contributed by atoms with Crippen molar-refractivity contribution < 1.29 is 4.79 Å². The zero-order chi connectivity index (χ0) is 12.7. The molecule has 0 bridgehead atoms. The van der Waals surface area contributed by atoms with Crippen LogP contribution in [0.15, 0.2) is 28.2 Å². The minimum Gasteiger partial charge on any atom is -0.335 e. The summed E-state index contributed by atoms with van der Waals surface area (Å²) in [7, 11) is 0. The molecule has 0 fully saturated rings. The van der Waals surface area contributed by atoms with E-state index in [1.54, 1.807) is 23.6 Å². The van der Waals surface area contributed by atoms with Gasteiger partial charge < -0.3 is 4.98 Å². The van der Waals surface area contributed by atoms with Crippen LogP contribution in [0.25, 0.3) is 21.9 Å². The summed E-state index contributed by atoms with van der Waals surface area (Å²) >= 11 is 5.00. The van der Waals surface area contributed by atoms with Gasteiger partial charge in [0.15, 0.2) is 17.3 Å². The van der Waals surface area contributed by atoms with Crippen molar-refractivity contribution in [1.82, 2.24) is 15.0 Å². The number of aromatic amines is 1. The number of fused-ring (bicyclic) bond motifs is 1. The van der Waals surface area contributed by atoms with E-state index in [-0.39, 0.29) is 5.78 Å². The minimum absolute atomic E-state index is 0.00459. The van der Waals surface area contributed by atoms with Crippen molar-refractivity contribution in [2.45, 2.75) is 6.92 Å². The topological polar surface area (TPSA) is 58.6 Å². The number of ketones is 1. The molecular weight excluding hydrogens is 314 g/mol. The number of hydrogen-bond donors (Lipinski definition) is 1. The molecule has 0 atom stereocenters. The summed E-state index contributed by atoms with van der Waals surface area (Å²) in [4.78, 5) is 24.3. The fraction of sp³-hybridized carbons (Fsp3) is 0.0833. The Kier molecular flexibility index (Phi) is 2.76. The van der Waals surface area contributed by atoms with E-state index in [1.807, 2.05) is 12.1 Å². The maximum atomic E-state index is 11.5. The summed E-state index contributed by atoms with van der Waals surface area (Å²) in [5.74, 6) is 0.742. The fourth-order valence-electron chi connectivity index (χ4n) is 1.76. The third-order valence-corrected chi connectivity index (χ3v) is 4.21. The van der Waals surface area contributed by atoms with Crippen LogP contribution >= 0.6 is 27.3 Å². The summed E-state index contributed by atoms with van der Waals surface area (Å²) < 4.78 is 1.04. The number of thiophene rings is 1. The van der Waals surface area contributed by atoms with Gasteiger partial charge in [-0.05, 0) is 41.1 Å². The van der Waals surface area contributed by atoms with Gasteiger partial charge in [-0.15, -0.1) is 11.3 Å². The summed E-state index contributed by atoms with van der Waals surface area (Å²) in [5.41, 5.74) is 1.89. The average molecular weight is 322 g/mol. The Morgan fingerprint density at radius 3 is 2.89 bits per heavy atom. The first-order valence-corrected chi connectivity index (χ1v) is 6.87. The number of Topliss-reactive ketones (excluding diaryl/α,β-unsaturated/α-hetero) is 1. The molecule has 18 heavy (non-hydrogen) atoms. The lowest BCUT2D eigenvalue weighted by Gasteiger charge is -1.94. The molecule has 0 aliphatic heterocycles. The standard InChI is InChI=1S/C12H8BrN3OS/c1-6(17)7-4-5-14-12-10(7)15-11(16-12)8-2-3-9(13)18-8/h2-5H,1H3,(H,14,15,16). The Labute approximate surface area is 115 Å².